The highest BCUT2D eigenvalue weighted by Gasteiger charge is 2.03. The average molecular weight is 146 g/mol. The van der Waals surface area contributed by atoms with Crippen molar-refractivity contribution in [1.82, 2.24) is 10.2 Å². The van der Waals surface area contributed by atoms with E-state index in [1.165, 1.54) is 11.9 Å². The van der Waals surface area contributed by atoms with E-state index in [1.54, 1.807) is 0 Å². The Bertz CT molecular complexity index is 114. The lowest BCUT2D eigenvalue weighted by molar-refractivity contribution is 0.151. The molecule has 0 aliphatic rings. The quantitative estimate of drug-likeness (QED) is 0.572. The number of hydrogen-bond acceptors (Lipinski definition) is 2. The molecule has 0 aliphatic heterocycles. The van der Waals surface area contributed by atoms with Gasteiger partial charge in [-0.2, -0.15) is 0 Å². The lowest BCUT2D eigenvalue weighted by Gasteiger charge is -2.15. The predicted octanol–water partition coefficient (Wildman–Crippen LogP) is 0.552. The second-order valence-electron chi connectivity index (χ2n) is 2.50. The molecule has 0 saturated carbocycles. The summed E-state index contributed by atoms with van der Waals surface area (Å²) in [4.78, 5) is 11.4. The zero-order chi connectivity index (χ0) is 8.15. The zero-order valence-corrected chi connectivity index (χ0v) is 6.59. The molecule has 0 aromatic heterocycles. The van der Waals surface area contributed by atoms with E-state index in [4.69, 9.17) is 5.11 Å². The van der Waals surface area contributed by atoms with Crippen molar-refractivity contribution >= 4 is 6.09 Å². The van der Waals surface area contributed by atoms with Crippen LogP contribution in [-0.4, -0.2) is 35.9 Å². The van der Waals surface area contributed by atoms with E-state index in [9.17, 15) is 4.79 Å². The van der Waals surface area contributed by atoms with Crippen LogP contribution in [0.4, 0.5) is 4.79 Å². The van der Waals surface area contributed by atoms with Gasteiger partial charge in [0.05, 0.1) is 6.67 Å². The Hall–Kier alpha value is -0.770. The molecule has 0 aliphatic carbocycles. The molecular weight excluding hydrogens is 132 g/mol. The molecule has 0 bridgehead atoms. The van der Waals surface area contributed by atoms with Crippen molar-refractivity contribution in [3.63, 3.8) is 0 Å². The van der Waals surface area contributed by atoms with Gasteiger partial charge in [-0.15, -0.1) is 0 Å². The Kier molecular flexibility index (Phi) is 3.79. The van der Waals surface area contributed by atoms with E-state index in [0.717, 1.165) is 0 Å². The molecule has 2 N–H and O–H groups in total. The molecule has 0 fully saturated rings. The maximum absolute atomic E-state index is 10.2. The van der Waals surface area contributed by atoms with Crippen LogP contribution in [0.3, 0.4) is 0 Å². The summed E-state index contributed by atoms with van der Waals surface area (Å²) in [6.07, 6.45) is -0.909. The number of nitrogens with one attached hydrogen (secondary N) is 1. The van der Waals surface area contributed by atoms with Crippen molar-refractivity contribution in [3.8, 4) is 0 Å². The van der Waals surface area contributed by atoms with Crippen LogP contribution >= 0.6 is 0 Å². The maximum Gasteiger partial charge on any atom is 0.408 e. The molecular formula is C6H14N2O2. The fourth-order valence-corrected chi connectivity index (χ4v) is 0.387. The first-order valence-electron chi connectivity index (χ1n) is 3.21. The molecule has 0 aromatic carbocycles. The van der Waals surface area contributed by atoms with Crippen LogP contribution in [0, 0.1) is 0 Å². The number of carbonyl (C=O) groups is 1. The summed E-state index contributed by atoms with van der Waals surface area (Å²) in [6, 6.07) is 0.321. The van der Waals surface area contributed by atoms with E-state index in [2.05, 4.69) is 5.32 Å². The summed E-state index contributed by atoms with van der Waals surface area (Å²) in [6.45, 7) is 4.32. The van der Waals surface area contributed by atoms with E-state index in [1.807, 2.05) is 13.8 Å². The molecule has 0 unspecified atom stereocenters. The van der Waals surface area contributed by atoms with E-state index in [0.29, 0.717) is 12.7 Å². The minimum Gasteiger partial charge on any atom is -0.465 e. The van der Waals surface area contributed by atoms with Crippen LogP contribution in [-0.2, 0) is 0 Å². The topological polar surface area (TPSA) is 52.6 Å². The van der Waals surface area contributed by atoms with Crippen LogP contribution in [0.15, 0.2) is 0 Å². The van der Waals surface area contributed by atoms with Gasteiger partial charge in [0, 0.05) is 13.1 Å². The highest BCUT2D eigenvalue weighted by atomic mass is 16.4. The highest BCUT2D eigenvalue weighted by molar-refractivity contribution is 5.64. The molecule has 0 spiro atoms. The summed E-state index contributed by atoms with van der Waals surface area (Å²) in [5.74, 6) is 0. The largest absolute Gasteiger partial charge is 0.465 e. The molecule has 0 radical (unpaired) electrons. The molecule has 0 atom stereocenters. The molecule has 60 valence electrons. The van der Waals surface area contributed by atoms with Crippen LogP contribution in [0.1, 0.15) is 13.8 Å². The molecule has 10 heavy (non-hydrogen) atoms. The summed E-state index contributed by atoms with van der Waals surface area (Å²) < 4.78 is 0. The van der Waals surface area contributed by atoms with Crippen molar-refractivity contribution in [2.24, 2.45) is 0 Å². The number of amides is 1. The van der Waals surface area contributed by atoms with Crippen LogP contribution in [0.5, 0.6) is 0 Å². The summed E-state index contributed by atoms with van der Waals surface area (Å²) in [5, 5.41) is 11.4. The van der Waals surface area contributed by atoms with Crippen molar-refractivity contribution in [2.75, 3.05) is 13.7 Å². The van der Waals surface area contributed by atoms with E-state index < -0.39 is 6.09 Å². The SMILES string of the molecule is CC(C)NCN(C)C(=O)O. The summed E-state index contributed by atoms with van der Waals surface area (Å²) in [7, 11) is 1.53. The highest BCUT2D eigenvalue weighted by Crippen LogP contribution is 1.81. The second-order valence-corrected chi connectivity index (χ2v) is 2.50. The van der Waals surface area contributed by atoms with Gasteiger partial charge in [-0.25, -0.2) is 4.79 Å². The Morgan fingerprint density at radius 1 is 1.70 bits per heavy atom. The molecule has 4 heteroatoms. The fourth-order valence-electron chi connectivity index (χ4n) is 0.387. The van der Waals surface area contributed by atoms with Crippen molar-refractivity contribution < 1.29 is 9.90 Å². The Morgan fingerprint density at radius 3 is 2.50 bits per heavy atom. The maximum atomic E-state index is 10.2. The first kappa shape index (κ1) is 9.23. The van der Waals surface area contributed by atoms with E-state index in [-0.39, 0.29) is 0 Å². The first-order valence-corrected chi connectivity index (χ1v) is 3.21. The summed E-state index contributed by atoms with van der Waals surface area (Å²) in [5.41, 5.74) is 0. The van der Waals surface area contributed by atoms with Crippen LogP contribution < -0.4 is 5.32 Å². The third kappa shape index (κ3) is 4.14. The molecule has 0 rings (SSSR count). The lowest BCUT2D eigenvalue weighted by atomic mass is 10.4. The van der Waals surface area contributed by atoms with Crippen molar-refractivity contribution in [3.05, 3.63) is 0 Å². The van der Waals surface area contributed by atoms with Crippen molar-refractivity contribution in [2.45, 2.75) is 19.9 Å². The van der Waals surface area contributed by atoms with Gasteiger partial charge >= 0.3 is 6.09 Å². The average Bonchev–Trinajstić information content (AvgIpc) is 1.82. The van der Waals surface area contributed by atoms with Gasteiger partial charge in [0.15, 0.2) is 0 Å². The van der Waals surface area contributed by atoms with Crippen LogP contribution in [0.25, 0.3) is 0 Å². The third-order valence-electron chi connectivity index (χ3n) is 1.06. The molecule has 0 heterocycles. The number of nitrogens with zero attached hydrogens (tertiary/aromatic N) is 1. The standard InChI is InChI=1S/C6H14N2O2/c1-5(2)7-4-8(3)6(9)10/h5,7H,4H2,1-3H3,(H,9,10). The van der Waals surface area contributed by atoms with Gasteiger partial charge in [-0.1, -0.05) is 0 Å². The number of hydrogen-bond donors (Lipinski definition) is 2. The molecule has 1 amide bonds. The van der Waals surface area contributed by atoms with Gasteiger partial charge in [-0.3, -0.25) is 10.2 Å². The Balaban J connectivity index is 3.40. The van der Waals surface area contributed by atoms with Gasteiger partial charge in [0.25, 0.3) is 0 Å². The first-order chi connectivity index (χ1) is 4.54. The normalized spacial score (nSPS) is 10.0. The van der Waals surface area contributed by atoms with Gasteiger partial charge < -0.3 is 5.11 Å². The summed E-state index contributed by atoms with van der Waals surface area (Å²) >= 11 is 0. The minimum absolute atomic E-state index is 0.321. The van der Waals surface area contributed by atoms with E-state index >= 15 is 0 Å². The molecule has 0 aromatic rings. The van der Waals surface area contributed by atoms with Gasteiger partial charge in [-0.05, 0) is 13.8 Å². The lowest BCUT2D eigenvalue weighted by Crippen LogP contribution is -2.37. The minimum atomic E-state index is -0.909. The van der Waals surface area contributed by atoms with Gasteiger partial charge in [0.1, 0.15) is 0 Å². The molecule has 0 saturated heterocycles. The Morgan fingerprint density at radius 2 is 2.20 bits per heavy atom. The number of rotatable bonds is 3. The molecule has 4 nitrogen and oxygen atoms in total. The number of carboxylic acid groups (broad SMARTS) is 1. The smallest absolute Gasteiger partial charge is 0.408 e. The second kappa shape index (κ2) is 4.11. The predicted molar refractivity (Wildman–Crippen MR) is 38.9 cm³/mol. The monoisotopic (exact) mass is 146 g/mol. The van der Waals surface area contributed by atoms with Crippen molar-refractivity contribution in [1.29, 1.82) is 0 Å². The van der Waals surface area contributed by atoms with Crippen LogP contribution in [0.2, 0.25) is 0 Å². The Labute approximate surface area is 60.8 Å². The fraction of sp³-hybridized carbons (Fsp3) is 0.833. The zero-order valence-electron chi connectivity index (χ0n) is 6.59. The van der Waals surface area contributed by atoms with Gasteiger partial charge in [0.2, 0.25) is 0 Å². The third-order valence-corrected chi connectivity index (χ3v) is 1.06.